The lowest BCUT2D eigenvalue weighted by atomic mass is 9.97. The van der Waals surface area contributed by atoms with Crippen molar-refractivity contribution in [2.75, 3.05) is 32.7 Å². The molecule has 6 nitrogen and oxygen atoms in total. The van der Waals surface area contributed by atoms with Crippen LogP contribution in [0.3, 0.4) is 0 Å². The first kappa shape index (κ1) is 15.8. The molecule has 1 fully saturated rings. The smallest absolute Gasteiger partial charge is 0.320 e. The Morgan fingerprint density at radius 1 is 1.21 bits per heavy atom. The van der Waals surface area contributed by atoms with E-state index >= 15 is 0 Å². The SMILES string of the molecule is CC(C(=O)O)N1CCN(C(=O)NCC(C)(C)C)CC1. The van der Waals surface area contributed by atoms with Crippen LogP contribution in [0.25, 0.3) is 0 Å². The second-order valence-corrected chi connectivity index (χ2v) is 6.26. The number of hydrogen-bond donors (Lipinski definition) is 2. The standard InChI is InChI=1S/C13H25N3O3/c1-10(11(17)18)15-5-7-16(8-6-15)12(19)14-9-13(2,3)4/h10H,5-9H2,1-4H3,(H,14,19)(H,17,18). The van der Waals surface area contributed by atoms with Crippen LogP contribution < -0.4 is 5.32 Å². The molecule has 0 aromatic carbocycles. The Bertz CT molecular complexity index is 331. The number of nitrogens with one attached hydrogen (secondary N) is 1. The Morgan fingerprint density at radius 2 is 1.74 bits per heavy atom. The Balaban J connectivity index is 2.37. The van der Waals surface area contributed by atoms with Crippen LogP contribution in [0.1, 0.15) is 27.7 Å². The molecular weight excluding hydrogens is 246 g/mol. The first-order chi connectivity index (χ1) is 8.70. The minimum Gasteiger partial charge on any atom is -0.480 e. The van der Waals surface area contributed by atoms with Gasteiger partial charge >= 0.3 is 12.0 Å². The molecule has 0 aromatic rings. The van der Waals surface area contributed by atoms with Crippen LogP contribution in [-0.4, -0.2) is 65.7 Å². The Hall–Kier alpha value is -1.30. The zero-order valence-electron chi connectivity index (χ0n) is 12.3. The fourth-order valence-electron chi connectivity index (χ4n) is 1.92. The lowest BCUT2D eigenvalue weighted by Gasteiger charge is -2.36. The molecule has 0 saturated carbocycles. The fraction of sp³-hybridized carbons (Fsp3) is 0.846. The number of urea groups is 1. The summed E-state index contributed by atoms with van der Waals surface area (Å²) < 4.78 is 0. The highest BCUT2D eigenvalue weighted by molar-refractivity contribution is 5.75. The summed E-state index contributed by atoms with van der Waals surface area (Å²) in [5.41, 5.74) is 0.0648. The van der Waals surface area contributed by atoms with E-state index in [1.807, 2.05) is 4.90 Å². The van der Waals surface area contributed by atoms with Crippen LogP contribution in [-0.2, 0) is 4.79 Å². The summed E-state index contributed by atoms with van der Waals surface area (Å²) in [6, 6.07) is -0.544. The lowest BCUT2D eigenvalue weighted by molar-refractivity contribution is -0.143. The average molecular weight is 271 g/mol. The molecule has 1 aliphatic rings. The fourth-order valence-corrected chi connectivity index (χ4v) is 1.92. The van der Waals surface area contributed by atoms with E-state index in [9.17, 15) is 9.59 Å². The minimum atomic E-state index is -0.814. The molecule has 0 radical (unpaired) electrons. The van der Waals surface area contributed by atoms with E-state index < -0.39 is 12.0 Å². The number of piperazine rings is 1. The average Bonchev–Trinajstić information content (AvgIpc) is 2.34. The Labute approximate surface area is 114 Å². The van der Waals surface area contributed by atoms with Crippen LogP contribution >= 0.6 is 0 Å². The maximum Gasteiger partial charge on any atom is 0.320 e. The van der Waals surface area contributed by atoms with Crippen molar-refractivity contribution >= 4 is 12.0 Å². The summed E-state index contributed by atoms with van der Waals surface area (Å²) in [6.45, 7) is 10.9. The quantitative estimate of drug-likeness (QED) is 0.797. The zero-order chi connectivity index (χ0) is 14.6. The van der Waals surface area contributed by atoms with Gasteiger partial charge in [-0.1, -0.05) is 20.8 Å². The van der Waals surface area contributed by atoms with Crippen LogP contribution in [0.15, 0.2) is 0 Å². The van der Waals surface area contributed by atoms with Crippen molar-refractivity contribution in [3.63, 3.8) is 0 Å². The van der Waals surface area contributed by atoms with Gasteiger partial charge in [0.1, 0.15) is 6.04 Å². The Morgan fingerprint density at radius 3 is 2.16 bits per heavy atom. The highest BCUT2D eigenvalue weighted by Gasteiger charge is 2.27. The third-order valence-electron chi connectivity index (χ3n) is 3.28. The van der Waals surface area contributed by atoms with E-state index in [1.165, 1.54) is 0 Å². The molecule has 2 N–H and O–H groups in total. The molecule has 0 aliphatic carbocycles. The monoisotopic (exact) mass is 271 g/mol. The highest BCUT2D eigenvalue weighted by Crippen LogP contribution is 2.11. The van der Waals surface area contributed by atoms with Crippen LogP contribution in [0.4, 0.5) is 4.79 Å². The first-order valence-corrected chi connectivity index (χ1v) is 6.70. The lowest BCUT2D eigenvalue weighted by Crippen LogP contribution is -2.55. The van der Waals surface area contributed by atoms with Crippen molar-refractivity contribution in [3.05, 3.63) is 0 Å². The van der Waals surface area contributed by atoms with Crippen LogP contribution in [0.5, 0.6) is 0 Å². The Kier molecular flexibility index (Phi) is 5.17. The van der Waals surface area contributed by atoms with E-state index in [2.05, 4.69) is 26.1 Å². The van der Waals surface area contributed by atoms with Crippen molar-refractivity contribution in [2.24, 2.45) is 5.41 Å². The van der Waals surface area contributed by atoms with Gasteiger partial charge in [-0.05, 0) is 12.3 Å². The summed E-state index contributed by atoms with van der Waals surface area (Å²) in [7, 11) is 0. The third-order valence-corrected chi connectivity index (χ3v) is 3.28. The summed E-state index contributed by atoms with van der Waals surface area (Å²) in [5.74, 6) is -0.814. The van der Waals surface area contributed by atoms with Crippen molar-refractivity contribution < 1.29 is 14.7 Å². The second kappa shape index (κ2) is 6.23. The number of aliphatic carboxylic acids is 1. The molecule has 6 heteroatoms. The molecule has 1 heterocycles. The molecule has 110 valence electrons. The van der Waals surface area contributed by atoms with Crippen molar-refractivity contribution in [2.45, 2.75) is 33.7 Å². The third kappa shape index (κ3) is 5.06. The number of carboxylic acids is 1. The van der Waals surface area contributed by atoms with E-state index in [0.29, 0.717) is 32.7 Å². The minimum absolute atomic E-state index is 0.0578. The predicted molar refractivity (Wildman–Crippen MR) is 73.1 cm³/mol. The van der Waals surface area contributed by atoms with Gasteiger partial charge in [-0.2, -0.15) is 0 Å². The number of nitrogens with zero attached hydrogens (tertiary/aromatic N) is 2. The highest BCUT2D eigenvalue weighted by atomic mass is 16.4. The molecule has 0 aromatic heterocycles. The van der Waals surface area contributed by atoms with E-state index in [4.69, 9.17) is 5.11 Å². The van der Waals surface area contributed by atoms with Gasteiger partial charge < -0.3 is 15.3 Å². The molecule has 1 saturated heterocycles. The van der Waals surface area contributed by atoms with Gasteiger partial charge in [-0.3, -0.25) is 9.69 Å². The van der Waals surface area contributed by atoms with Gasteiger partial charge in [0.05, 0.1) is 0 Å². The van der Waals surface area contributed by atoms with Crippen molar-refractivity contribution in [1.29, 1.82) is 0 Å². The van der Waals surface area contributed by atoms with Crippen LogP contribution in [0, 0.1) is 5.41 Å². The molecule has 1 aliphatic heterocycles. The van der Waals surface area contributed by atoms with Crippen LogP contribution in [0.2, 0.25) is 0 Å². The summed E-state index contributed by atoms with van der Waals surface area (Å²) in [5, 5.41) is 11.9. The number of amides is 2. The number of carboxylic acid groups (broad SMARTS) is 1. The normalized spacial score (nSPS) is 19.1. The number of carbonyl (C=O) groups excluding carboxylic acids is 1. The molecule has 1 atom stereocenters. The molecule has 0 bridgehead atoms. The number of rotatable bonds is 3. The molecule has 0 spiro atoms. The van der Waals surface area contributed by atoms with E-state index in [1.54, 1.807) is 11.8 Å². The molecule has 1 rings (SSSR count). The second-order valence-electron chi connectivity index (χ2n) is 6.26. The van der Waals surface area contributed by atoms with Gasteiger partial charge in [0.2, 0.25) is 0 Å². The first-order valence-electron chi connectivity index (χ1n) is 6.70. The predicted octanol–water partition coefficient (Wildman–Crippen LogP) is 0.833. The number of hydrogen-bond acceptors (Lipinski definition) is 3. The maximum atomic E-state index is 11.9. The largest absolute Gasteiger partial charge is 0.480 e. The van der Waals surface area contributed by atoms with Gasteiger partial charge in [0.15, 0.2) is 0 Å². The van der Waals surface area contributed by atoms with Gasteiger partial charge in [0.25, 0.3) is 0 Å². The van der Waals surface area contributed by atoms with Gasteiger partial charge in [-0.25, -0.2) is 4.79 Å². The maximum absolute atomic E-state index is 11.9. The topological polar surface area (TPSA) is 72.9 Å². The molecule has 1 unspecified atom stereocenters. The summed E-state index contributed by atoms with van der Waals surface area (Å²) >= 11 is 0. The van der Waals surface area contributed by atoms with Gasteiger partial charge in [0, 0.05) is 32.7 Å². The van der Waals surface area contributed by atoms with Gasteiger partial charge in [-0.15, -0.1) is 0 Å². The molecular formula is C13H25N3O3. The van der Waals surface area contributed by atoms with E-state index in [0.717, 1.165) is 0 Å². The summed E-state index contributed by atoms with van der Waals surface area (Å²) in [4.78, 5) is 26.5. The zero-order valence-corrected chi connectivity index (χ0v) is 12.3. The molecule has 19 heavy (non-hydrogen) atoms. The van der Waals surface area contributed by atoms with Crippen molar-refractivity contribution in [3.8, 4) is 0 Å². The molecule has 2 amide bonds. The van der Waals surface area contributed by atoms with E-state index in [-0.39, 0.29) is 11.4 Å². The summed E-state index contributed by atoms with van der Waals surface area (Å²) in [6.07, 6.45) is 0. The number of carbonyl (C=O) groups is 2. The van der Waals surface area contributed by atoms with Crippen molar-refractivity contribution in [1.82, 2.24) is 15.1 Å².